The Kier molecular flexibility index (Phi) is 7.80. The number of carbonyl (C=O) groups excluding carboxylic acids is 2. The fourth-order valence-corrected chi connectivity index (χ4v) is 7.50. The second-order valence-corrected chi connectivity index (χ2v) is 13.1. The molecule has 0 amide bonds. The molecule has 4 heteroatoms. The summed E-state index contributed by atoms with van der Waals surface area (Å²) in [6.07, 6.45) is 11.8. The molecule has 0 fully saturated rings. The van der Waals surface area contributed by atoms with Crippen LogP contribution in [0.2, 0.25) is 0 Å². The van der Waals surface area contributed by atoms with E-state index in [-0.39, 0.29) is 24.1 Å². The molecule has 48 heavy (non-hydrogen) atoms. The molecule has 6 aromatic rings. The lowest BCUT2D eigenvalue weighted by atomic mass is 9.87. The first kappa shape index (κ1) is 30.1. The SMILES string of the molecule is CCCC(=O)OC1CC=Cc2ccc(-c3cc4ccc5cc(-c6ccc7c(c6)C(OC(=O)CCC)CC=C7)cc6ccc(c3)c4c56)cc21. The van der Waals surface area contributed by atoms with Gasteiger partial charge in [0.1, 0.15) is 12.2 Å². The van der Waals surface area contributed by atoms with Crippen LogP contribution < -0.4 is 0 Å². The highest BCUT2D eigenvalue weighted by Crippen LogP contribution is 2.42. The van der Waals surface area contributed by atoms with Gasteiger partial charge in [0.05, 0.1) is 0 Å². The maximum atomic E-state index is 12.4. The summed E-state index contributed by atoms with van der Waals surface area (Å²) in [4.78, 5) is 24.7. The van der Waals surface area contributed by atoms with Crippen molar-refractivity contribution in [2.75, 3.05) is 0 Å². The molecule has 0 spiro atoms. The molecule has 0 saturated heterocycles. The first-order valence-corrected chi connectivity index (χ1v) is 17.2. The number of rotatable bonds is 8. The smallest absolute Gasteiger partial charge is 0.306 e. The van der Waals surface area contributed by atoms with Gasteiger partial charge in [-0.05, 0) is 115 Å². The number of esters is 2. The molecule has 2 atom stereocenters. The largest absolute Gasteiger partial charge is 0.457 e. The first-order chi connectivity index (χ1) is 23.5. The van der Waals surface area contributed by atoms with Gasteiger partial charge in [0.2, 0.25) is 0 Å². The zero-order valence-corrected chi connectivity index (χ0v) is 27.4. The normalized spacial score (nSPS) is 16.7. The van der Waals surface area contributed by atoms with Crippen molar-refractivity contribution in [3.05, 3.63) is 119 Å². The molecule has 2 aliphatic rings. The number of benzene rings is 6. The minimum absolute atomic E-state index is 0.138. The molecule has 0 saturated carbocycles. The Bertz CT molecular complexity index is 2050. The maximum absolute atomic E-state index is 12.4. The first-order valence-electron chi connectivity index (χ1n) is 17.2. The predicted molar refractivity (Wildman–Crippen MR) is 196 cm³/mol. The van der Waals surface area contributed by atoms with Gasteiger partial charge < -0.3 is 9.47 Å². The molecule has 0 heterocycles. The van der Waals surface area contributed by atoms with E-state index in [9.17, 15) is 9.59 Å². The molecule has 0 aromatic heterocycles. The highest BCUT2D eigenvalue weighted by atomic mass is 16.5. The Morgan fingerprint density at radius 1 is 0.542 bits per heavy atom. The average molecular weight is 631 g/mol. The van der Waals surface area contributed by atoms with Gasteiger partial charge in [-0.15, -0.1) is 0 Å². The summed E-state index contributed by atoms with van der Waals surface area (Å²) in [7, 11) is 0. The Morgan fingerprint density at radius 2 is 0.938 bits per heavy atom. The van der Waals surface area contributed by atoms with Crippen molar-refractivity contribution >= 4 is 56.4 Å². The van der Waals surface area contributed by atoms with Crippen LogP contribution in [-0.4, -0.2) is 11.9 Å². The van der Waals surface area contributed by atoms with Crippen molar-refractivity contribution in [1.82, 2.24) is 0 Å². The molecule has 6 aromatic carbocycles. The van der Waals surface area contributed by atoms with E-state index in [1.807, 2.05) is 13.8 Å². The molecule has 2 unspecified atom stereocenters. The summed E-state index contributed by atoms with van der Waals surface area (Å²) < 4.78 is 11.8. The van der Waals surface area contributed by atoms with E-state index in [0.29, 0.717) is 25.7 Å². The van der Waals surface area contributed by atoms with Gasteiger partial charge in [-0.1, -0.05) is 86.7 Å². The fourth-order valence-electron chi connectivity index (χ4n) is 7.50. The highest BCUT2D eigenvalue weighted by molar-refractivity contribution is 6.24. The summed E-state index contributed by atoms with van der Waals surface area (Å²) in [6, 6.07) is 31.1. The lowest BCUT2D eigenvalue weighted by molar-refractivity contribution is -0.150. The summed E-state index contributed by atoms with van der Waals surface area (Å²) in [6.45, 7) is 4.00. The van der Waals surface area contributed by atoms with Gasteiger partial charge in [-0.3, -0.25) is 9.59 Å². The van der Waals surface area contributed by atoms with Crippen molar-refractivity contribution in [3.63, 3.8) is 0 Å². The Morgan fingerprint density at radius 3 is 1.31 bits per heavy atom. The Balaban J connectivity index is 1.16. The molecule has 0 aliphatic heterocycles. The summed E-state index contributed by atoms with van der Waals surface area (Å²) in [5, 5.41) is 7.35. The second-order valence-electron chi connectivity index (χ2n) is 13.1. The van der Waals surface area contributed by atoms with Crippen LogP contribution in [-0.2, 0) is 19.1 Å². The van der Waals surface area contributed by atoms with Gasteiger partial charge in [-0.25, -0.2) is 0 Å². The summed E-state index contributed by atoms with van der Waals surface area (Å²) in [5.74, 6) is -0.276. The third-order valence-electron chi connectivity index (χ3n) is 9.82. The predicted octanol–water partition coefficient (Wildman–Crippen LogP) is 11.5. The molecule has 0 N–H and O–H groups in total. The molecular weight excluding hydrogens is 592 g/mol. The van der Waals surface area contributed by atoms with E-state index in [0.717, 1.165) is 57.3 Å². The number of hydrogen-bond acceptors (Lipinski definition) is 4. The van der Waals surface area contributed by atoms with Crippen LogP contribution >= 0.6 is 0 Å². The summed E-state index contributed by atoms with van der Waals surface area (Å²) >= 11 is 0. The third-order valence-corrected chi connectivity index (χ3v) is 9.82. The average Bonchev–Trinajstić information content (AvgIpc) is 3.10. The summed E-state index contributed by atoms with van der Waals surface area (Å²) in [5.41, 5.74) is 8.89. The van der Waals surface area contributed by atoms with Crippen LogP contribution in [0.15, 0.2) is 97.1 Å². The minimum Gasteiger partial charge on any atom is -0.457 e. The van der Waals surface area contributed by atoms with Crippen molar-refractivity contribution < 1.29 is 19.1 Å². The van der Waals surface area contributed by atoms with Crippen LogP contribution in [0.1, 0.15) is 86.8 Å². The molecular formula is C44H38O4. The second kappa shape index (κ2) is 12.4. The monoisotopic (exact) mass is 630 g/mol. The Hall–Kier alpha value is -5.22. The highest BCUT2D eigenvalue weighted by Gasteiger charge is 2.23. The number of ether oxygens (including phenoxy) is 2. The van der Waals surface area contributed by atoms with Crippen LogP contribution in [0.4, 0.5) is 0 Å². The van der Waals surface area contributed by atoms with Gasteiger partial charge in [0.15, 0.2) is 0 Å². The number of hydrogen-bond donors (Lipinski definition) is 0. The molecule has 0 radical (unpaired) electrons. The van der Waals surface area contributed by atoms with Gasteiger partial charge in [0, 0.05) is 36.8 Å². The van der Waals surface area contributed by atoms with Gasteiger partial charge >= 0.3 is 11.9 Å². The molecule has 2 aliphatic carbocycles. The molecule has 238 valence electrons. The Labute approximate surface area is 281 Å². The number of carbonyl (C=O) groups is 2. The van der Waals surface area contributed by atoms with Crippen LogP contribution in [0.3, 0.4) is 0 Å². The molecule has 0 bridgehead atoms. The van der Waals surface area contributed by atoms with E-state index < -0.39 is 0 Å². The lowest BCUT2D eigenvalue weighted by Crippen LogP contribution is -2.13. The quantitative estimate of drug-likeness (QED) is 0.124. The van der Waals surface area contributed by atoms with E-state index in [1.54, 1.807) is 0 Å². The van der Waals surface area contributed by atoms with Crippen molar-refractivity contribution in [3.8, 4) is 22.3 Å². The maximum Gasteiger partial charge on any atom is 0.306 e. The van der Waals surface area contributed by atoms with Crippen LogP contribution in [0.5, 0.6) is 0 Å². The molecule has 4 nitrogen and oxygen atoms in total. The van der Waals surface area contributed by atoms with Crippen LogP contribution in [0.25, 0.3) is 66.7 Å². The lowest BCUT2D eigenvalue weighted by Gasteiger charge is -2.23. The molecule has 8 rings (SSSR count). The van der Waals surface area contributed by atoms with E-state index >= 15 is 0 Å². The fraction of sp³-hybridized carbons (Fsp3) is 0.227. The minimum atomic E-state index is -0.253. The topological polar surface area (TPSA) is 52.6 Å². The van der Waals surface area contributed by atoms with E-state index in [4.69, 9.17) is 9.47 Å². The standard InChI is InChI=1S/C44H38O4/c1-3-7-41(45)47-39-11-5-9-27-13-15-29(25-37(27)39)35-21-31-17-19-33-23-36(24-34-20-18-32(22-35)43(31)44(33)34)30-16-14-28-10-6-12-40(38(28)26-30)48-42(46)8-4-2/h5-6,9-10,13-26,39-40H,3-4,7-8,11-12H2,1-2H3. The van der Waals surface area contributed by atoms with Gasteiger partial charge in [-0.2, -0.15) is 0 Å². The zero-order chi connectivity index (χ0) is 32.8. The van der Waals surface area contributed by atoms with Crippen LogP contribution in [0, 0.1) is 0 Å². The third kappa shape index (κ3) is 5.45. The van der Waals surface area contributed by atoms with E-state index in [1.165, 1.54) is 32.3 Å². The zero-order valence-electron chi connectivity index (χ0n) is 27.4. The number of fused-ring (bicyclic) bond motifs is 2. The van der Waals surface area contributed by atoms with Gasteiger partial charge in [0.25, 0.3) is 0 Å². The van der Waals surface area contributed by atoms with Crippen molar-refractivity contribution in [1.29, 1.82) is 0 Å². The van der Waals surface area contributed by atoms with E-state index in [2.05, 4.69) is 109 Å². The van der Waals surface area contributed by atoms with Crippen molar-refractivity contribution in [2.45, 2.75) is 64.6 Å². The van der Waals surface area contributed by atoms with Crippen molar-refractivity contribution in [2.24, 2.45) is 0 Å².